The summed E-state index contributed by atoms with van der Waals surface area (Å²) in [5.41, 5.74) is 1.64. The highest BCUT2D eigenvalue weighted by Crippen LogP contribution is 2.31. The highest BCUT2D eigenvalue weighted by Gasteiger charge is 2.10. The lowest BCUT2D eigenvalue weighted by Gasteiger charge is -2.05. The monoisotopic (exact) mass is 397 g/mol. The first-order valence-corrected chi connectivity index (χ1v) is 8.92. The Hall–Kier alpha value is -2.44. The molecule has 4 aromatic rings. The average molecular weight is 398 g/mol. The Balaban J connectivity index is 1.59. The number of hydrogen-bond donors (Lipinski definition) is 2. The number of halogens is 1. The molecule has 118 valence electrons. The number of fused-ring (bicyclic) bond motifs is 3. The molecule has 6 heteroatoms. The first-order valence-electron chi connectivity index (χ1n) is 7.31. The molecule has 0 radical (unpaired) electrons. The number of rotatable bonds is 2. The molecule has 0 fully saturated rings. The van der Waals surface area contributed by atoms with Crippen molar-refractivity contribution in [2.75, 3.05) is 10.6 Å². The summed E-state index contributed by atoms with van der Waals surface area (Å²) in [7, 11) is 0. The molecule has 2 amide bonds. The van der Waals surface area contributed by atoms with Gasteiger partial charge in [-0.25, -0.2) is 9.78 Å². The third kappa shape index (κ3) is 2.98. The van der Waals surface area contributed by atoms with E-state index in [0.29, 0.717) is 5.13 Å². The van der Waals surface area contributed by atoms with Crippen LogP contribution in [-0.4, -0.2) is 11.0 Å². The van der Waals surface area contributed by atoms with Crippen LogP contribution >= 0.6 is 27.3 Å². The fraction of sp³-hybridized carbons (Fsp3) is 0. The molecule has 4 nitrogen and oxygen atoms in total. The quantitative estimate of drug-likeness (QED) is 0.445. The minimum Gasteiger partial charge on any atom is -0.308 e. The SMILES string of the molecule is O=C(Nc1ccc(Br)cc1)Nc1nc2c(ccc3ccccc32)s1. The largest absolute Gasteiger partial charge is 0.325 e. The number of benzene rings is 3. The van der Waals surface area contributed by atoms with Gasteiger partial charge in [0.2, 0.25) is 0 Å². The van der Waals surface area contributed by atoms with Gasteiger partial charge >= 0.3 is 6.03 Å². The first kappa shape index (κ1) is 15.1. The number of thiazole rings is 1. The van der Waals surface area contributed by atoms with Crippen molar-refractivity contribution in [1.82, 2.24) is 4.98 Å². The summed E-state index contributed by atoms with van der Waals surface area (Å²) in [6.07, 6.45) is 0. The Bertz CT molecular complexity index is 1040. The Morgan fingerprint density at radius 1 is 0.958 bits per heavy atom. The van der Waals surface area contributed by atoms with Crippen molar-refractivity contribution in [3.63, 3.8) is 0 Å². The molecule has 4 rings (SSSR count). The van der Waals surface area contributed by atoms with Gasteiger partial charge in [0.05, 0.1) is 10.2 Å². The predicted octanol–water partition coefficient (Wildman–Crippen LogP) is 5.86. The highest BCUT2D eigenvalue weighted by molar-refractivity contribution is 9.10. The molecule has 0 aliphatic heterocycles. The zero-order valence-electron chi connectivity index (χ0n) is 12.4. The minimum atomic E-state index is -0.305. The van der Waals surface area contributed by atoms with Crippen molar-refractivity contribution in [2.45, 2.75) is 0 Å². The summed E-state index contributed by atoms with van der Waals surface area (Å²) < 4.78 is 2.01. The molecule has 24 heavy (non-hydrogen) atoms. The van der Waals surface area contributed by atoms with Crippen LogP contribution in [0, 0.1) is 0 Å². The van der Waals surface area contributed by atoms with E-state index in [2.05, 4.69) is 43.7 Å². The molecule has 0 bridgehead atoms. The molecule has 0 spiro atoms. The van der Waals surface area contributed by atoms with E-state index in [1.54, 1.807) is 0 Å². The van der Waals surface area contributed by atoms with Gasteiger partial charge in [0.1, 0.15) is 0 Å². The topological polar surface area (TPSA) is 54.0 Å². The minimum absolute atomic E-state index is 0.305. The number of nitrogens with zero attached hydrogens (tertiary/aromatic N) is 1. The lowest BCUT2D eigenvalue weighted by Crippen LogP contribution is -2.19. The number of hydrogen-bond acceptors (Lipinski definition) is 3. The lowest BCUT2D eigenvalue weighted by atomic mass is 10.1. The summed E-state index contributed by atoms with van der Waals surface area (Å²) in [5.74, 6) is 0. The van der Waals surface area contributed by atoms with E-state index in [-0.39, 0.29) is 6.03 Å². The number of carbonyl (C=O) groups is 1. The van der Waals surface area contributed by atoms with Gasteiger partial charge in [0.25, 0.3) is 0 Å². The third-order valence-corrected chi connectivity index (χ3v) is 5.07. The smallest absolute Gasteiger partial charge is 0.308 e. The maximum atomic E-state index is 12.1. The zero-order chi connectivity index (χ0) is 16.5. The summed E-state index contributed by atoms with van der Waals surface area (Å²) in [6.45, 7) is 0. The van der Waals surface area contributed by atoms with Crippen LogP contribution in [-0.2, 0) is 0 Å². The van der Waals surface area contributed by atoms with E-state index in [1.807, 2.05) is 48.5 Å². The third-order valence-electron chi connectivity index (χ3n) is 3.61. The Morgan fingerprint density at radius 3 is 2.58 bits per heavy atom. The van der Waals surface area contributed by atoms with E-state index in [1.165, 1.54) is 11.3 Å². The second kappa shape index (κ2) is 6.22. The van der Waals surface area contributed by atoms with Crippen LogP contribution in [0.4, 0.5) is 15.6 Å². The number of aromatic nitrogens is 1. The van der Waals surface area contributed by atoms with Crippen LogP contribution in [0.15, 0.2) is 65.1 Å². The molecule has 0 aliphatic carbocycles. The number of anilines is 2. The van der Waals surface area contributed by atoms with Crippen LogP contribution in [0.1, 0.15) is 0 Å². The van der Waals surface area contributed by atoms with Gasteiger partial charge in [-0.15, -0.1) is 0 Å². The number of carbonyl (C=O) groups excluding carboxylic acids is 1. The Kier molecular flexibility index (Phi) is 3.92. The Morgan fingerprint density at radius 2 is 1.75 bits per heavy atom. The molecule has 1 heterocycles. The van der Waals surface area contributed by atoms with E-state index in [4.69, 9.17) is 0 Å². The van der Waals surface area contributed by atoms with Crippen molar-refractivity contribution >= 4 is 65.1 Å². The van der Waals surface area contributed by atoms with Gasteiger partial charge in [-0.05, 0) is 35.7 Å². The van der Waals surface area contributed by atoms with Crippen molar-refractivity contribution in [3.8, 4) is 0 Å². The molecular weight excluding hydrogens is 386 g/mol. The summed E-state index contributed by atoms with van der Waals surface area (Å²) in [4.78, 5) is 16.7. The normalized spacial score (nSPS) is 10.9. The van der Waals surface area contributed by atoms with Crippen LogP contribution in [0.3, 0.4) is 0 Å². The van der Waals surface area contributed by atoms with Crippen molar-refractivity contribution in [1.29, 1.82) is 0 Å². The van der Waals surface area contributed by atoms with E-state index < -0.39 is 0 Å². The zero-order valence-corrected chi connectivity index (χ0v) is 14.8. The second-order valence-corrected chi connectivity index (χ2v) is 7.18. The molecule has 0 atom stereocenters. The maximum absolute atomic E-state index is 12.1. The highest BCUT2D eigenvalue weighted by atomic mass is 79.9. The number of urea groups is 1. The second-order valence-electron chi connectivity index (χ2n) is 5.24. The molecular formula is C18H12BrN3OS. The fourth-order valence-electron chi connectivity index (χ4n) is 2.51. The van der Waals surface area contributed by atoms with Crippen molar-refractivity contribution < 1.29 is 4.79 Å². The number of nitrogens with one attached hydrogen (secondary N) is 2. The molecule has 0 saturated heterocycles. The van der Waals surface area contributed by atoms with Crippen molar-refractivity contribution in [3.05, 3.63) is 65.1 Å². The van der Waals surface area contributed by atoms with Gasteiger partial charge < -0.3 is 5.32 Å². The lowest BCUT2D eigenvalue weighted by molar-refractivity contribution is 0.262. The van der Waals surface area contributed by atoms with Crippen LogP contribution < -0.4 is 10.6 Å². The van der Waals surface area contributed by atoms with E-state index in [0.717, 1.165) is 31.1 Å². The van der Waals surface area contributed by atoms with Crippen LogP contribution in [0.25, 0.3) is 21.0 Å². The molecule has 0 unspecified atom stereocenters. The summed E-state index contributed by atoms with van der Waals surface area (Å²) in [6, 6.07) is 19.3. The van der Waals surface area contributed by atoms with Gasteiger partial charge in [-0.1, -0.05) is 57.6 Å². The van der Waals surface area contributed by atoms with Gasteiger partial charge in [0, 0.05) is 15.5 Å². The molecule has 0 saturated carbocycles. The summed E-state index contributed by atoms with van der Waals surface area (Å²) >= 11 is 4.83. The van der Waals surface area contributed by atoms with Crippen LogP contribution in [0.2, 0.25) is 0 Å². The molecule has 1 aromatic heterocycles. The maximum Gasteiger partial charge on any atom is 0.325 e. The summed E-state index contributed by atoms with van der Waals surface area (Å²) in [5, 5.41) is 8.41. The first-order chi connectivity index (χ1) is 11.7. The fourth-order valence-corrected chi connectivity index (χ4v) is 3.65. The number of amides is 2. The van der Waals surface area contributed by atoms with Gasteiger partial charge in [0.15, 0.2) is 5.13 Å². The average Bonchev–Trinajstić information content (AvgIpc) is 2.99. The van der Waals surface area contributed by atoms with Gasteiger partial charge in [-0.3, -0.25) is 5.32 Å². The molecule has 2 N–H and O–H groups in total. The van der Waals surface area contributed by atoms with Crippen LogP contribution in [0.5, 0.6) is 0 Å². The van der Waals surface area contributed by atoms with E-state index in [9.17, 15) is 4.79 Å². The standard InChI is InChI=1S/C18H12BrN3OS/c19-12-6-8-13(9-7-12)20-17(23)22-18-21-16-14-4-2-1-3-11(14)5-10-15(16)24-18/h1-10H,(H2,20,21,22,23). The van der Waals surface area contributed by atoms with Crippen molar-refractivity contribution in [2.24, 2.45) is 0 Å². The Labute approximate surface area is 150 Å². The molecule has 3 aromatic carbocycles. The predicted molar refractivity (Wildman–Crippen MR) is 104 cm³/mol. The molecule has 0 aliphatic rings. The van der Waals surface area contributed by atoms with Gasteiger partial charge in [-0.2, -0.15) is 0 Å². The van der Waals surface area contributed by atoms with E-state index >= 15 is 0 Å².